The molecule has 1 N–H and O–H groups in total. The second-order valence-electron chi connectivity index (χ2n) is 7.39. The number of carbonyl (C=O) groups excluding carboxylic acids is 2. The summed E-state index contributed by atoms with van der Waals surface area (Å²) in [6, 6.07) is 11.0. The minimum atomic E-state index is -0.317. The molecule has 0 radical (unpaired) electrons. The van der Waals surface area contributed by atoms with Gasteiger partial charge in [-0.2, -0.15) is 0 Å². The van der Waals surface area contributed by atoms with E-state index in [1.54, 1.807) is 12.1 Å². The van der Waals surface area contributed by atoms with Gasteiger partial charge in [0.15, 0.2) is 0 Å². The Labute approximate surface area is 166 Å². The summed E-state index contributed by atoms with van der Waals surface area (Å²) in [7, 11) is 0. The number of nitrogens with zero attached hydrogens (tertiary/aromatic N) is 3. The number of aromatic nitrogens is 1. The van der Waals surface area contributed by atoms with E-state index in [2.05, 4.69) is 36.0 Å². The molecule has 1 fully saturated rings. The third-order valence-electron chi connectivity index (χ3n) is 5.18. The number of nitrogens with one attached hydrogen (secondary N) is 1. The molecule has 0 saturated carbocycles. The monoisotopic (exact) mass is 380 g/mol. The fourth-order valence-electron chi connectivity index (χ4n) is 3.28. The molecule has 1 aliphatic rings. The highest BCUT2D eigenvalue weighted by Gasteiger charge is 2.22. The van der Waals surface area contributed by atoms with Crippen LogP contribution in [0.3, 0.4) is 0 Å². The highest BCUT2D eigenvalue weighted by atomic mass is 16.2. The maximum atomic E-state index is 12.8. The van der Waals surface area contributed by atoms with Gasteiger partial charge in [-0.15, -0.1) is 0 Å². The van der Waals surface area contributed by atoms with Crippen LogP contribution in [0.4, 0.5) is 5.69 Å². The van der Waals surface area contributed by atoms with Gasteiger partial charge in [0.05, 0.1) is 0 Å². The van der Waals surface area contributed by atoms with Gasteiger partial charge in [-0.3, -0.25) is 14.6 Å². The minimum Gasteiger partial charge on any atom is -0.336 e. The van der Waals surface area contributed by atoms with Gasteiger partial charge in [-0.1, -0.05) is 32.9 Å². The summed E-state index contributed by atoms with van der Waals surface area (Å²) in [4.78, 5) is 33.6. The Morgan fingerprint density at radius 1 is 1.07 bits per heavy atom. The zero-order valence-corrected chi connectivity index (χ0v) is 16.8. The molecule has 1 aliphatic heterocycles. The van der Waals surface area contributed by atoms with Crippen molar-refractivity contribution in [2.45, 2.75) is 26.7 Å². The number of pyridine rings is 1. The summed E-state index contributed by atoms with van der Waals surface area (Å²) < 4.78 is 0. The highest BCUT2D eigenvalue weighted by Crippen LogP contribution is 2.18. The third-order valence-corrected chi connectivity index (χ3v) is 5.18. The molecule has 1 aromatic heterocycles. The summed E-state index contributed by atoms with van der Waals surface area (Å²) in [5.41, 5.74) is 2.67. The van der Waals surface area contributed by atoms with Crippen molar-refractivity contribution < 1.29 is 9.59 Å². The van der Waals surface area contributed by atoms with E-state index < -0.39 is 0 Å². The number of amides is 2. The average molecular weight is 380 g/mol. The number of anilines is 1. The molecule has 0 atom stereocenters. The molecule has 1 saturated heterocycles. The quantitative estimate of drug-likeness (QED) is 0.865. The molecule has 148 valence electrons. The predicted octanol–water partition coefficient (Wildman–Crippen LogP) is 3.24. The highest BCUT2D eigenvalue weighted by molar-refractivity contribution is 6.04. The molecular formula is C22H28N4O2. The molecule has 2 heterocycles. The van der Waals surface area contributed by atoms with E-state index in [1.165, 1.54) is 11.8 Å². The molecule has 1 aromatic carbocycles. The predicted molar refractivity (Wildman–Crippen MR) is 111 cm³/mol. The number of piperazine rings is 1. The lowest BCUT2D eigenvalue weighted by Crippen LogP contribution is -2.48. The molecule has 0 spiro atoms. The van der Waals surface area contributed by atoms with Crippen molar-refractivity contribution >= 4 is 17.5 Å². The third kappa shape index (κ3) is 4.75. The lowest BCUT2D eigenvalue weighted by atomic mass is 10.0. The molecule has 28 heavy (non-hydrogen) atoms. The van der Waals surface area contributed by atoms with Crippen LogP contribution in [0.15, 0.2) is 42.6 Å². The number of benzene rings is 1. The smallest absolute Gasteiger partial charge is 0.274 e. The van der Waals surface area contributed by atoms with Crippen LogP contribution < -0.4 is 5.32 Å². The lowest BCUT2D eigenvalue weighted by Gasteiger charge is -2.34. The van der Waals surface area contributed by atoms with E-state index in [0.717, 1.165) is 19.6 Å². The fourth-order valence-corrected chi connectivity index (χ4v) is 3.28. The second-order valence-corrected chi connectivity index (χ2v) is 7.39. The van der Waals surface area contributed by atoms with Gasteiger partial charge in [0.25, 0.3) is 11.8 Å². The summed E-state index contributed by atoms with van der Waals surface area (Å²) >= 11 is 0. The maximum Gasteiger partial charge on any atom is 0.274 e. The van der Waals surface area contributed by atoms with E-state index in [4.69, 9.17) is 0 Å². The van der Waals surface area contributed by atoms with Crippen molar-refractivity contribution in [1.29, 1.82) is 0 Å². The van der Waals surface area contributed by atoms with Crippen molar-refractivity contribution in [1.82, 2.24) is 14.8 Å². The number of likely N-dealkylation sites (N-methyl/N-ethyl adjacent to an activating group) is 1. The Morgan fingerprint density at radius 3 is 2.36 bits per heavy atom. The van der Waals surface area contributed by atoms with Crippen LogP contribution in [-0.2, 0) is 0 Å². The standard InChI is InChI=1S/C22H28N4O2/c1-4-25-11-13-26(14-12-25)22(28)18-9-10-23-20(15-18)21(27)24-19-7-5-17(6-8-19)16(2)3/h5-10,15-16H,4,11-14H2,1-3H3,(H,24,27). The van der Waals surface area contributed by atoms with Gasteiger partial charge in [0.2, 0.25) is 0 Å². The maximum absolute atomic E-state index is 12.8. The van der Waals surface area contributed by atoms with E-state index in [9.17, 15) is 9.59 Å². The molecule has 0 unspecified atom stereocenters. The van der Waals surface area contributed by atoms with Gasteiger partial charge in [-0.25, -0.2) is 0 Å². The molecule has 6 nitrogen and oxygen atoms in total. The number of carbonyl (C=O) groups is 2. The van der Waals surface area contributed by atoms with Crippen LogP contribution in [0, 0.1) is 0 Å². The van der Waals surface area contributed by atoms with Crippen LogP contribution >= 0.6 is 0 Å². The van der Waals surface area contributed by atoms with Crippen molar-refractivity contribution in [3.8, 4) is 0 Å². The summed E-state index contributed by atoms with van der Waals surface area (Å²) in [5.74, 6) is 0.0737. The van der Waals surface area contributed by atoms with Gasteiger partial charge in [-0.05, 0) is 42.3 Å². The number of rotatable bonds is 5. The normalized spacial score (nSPS) is 14.9. The Kier molecular flexibility index (Phi) is 6.41. The first-order valence-electron chi connectivity index (χ1n) is 9.87. The summed E-state index contributed by atoms with van der Waals surface area (Å²) in [6.45, 7) is 10.6. The van der Waals surface area contributed by atoms with Crippen LogP contribution in [-0.4, -0.2) is 59.3 Å². The molecule has 6 heteroatoms. The first-order chi connectivity index (χ1) is 13.5. The van der Waals surface area contributed by atoms with Gasteiger partial charge >= 0.3 is 0 Å². The van der Waals surface area contributed by atoms with Crippen molar-refractivity contribution in [3.63, 3.8) is 0 Å². The fraction of sp³-hybridized carbons (Fsp3) is 0.409. The van der Waals surface area contributed by atoms with Crippen LogP contribution in [0.25, 0.3) is 0 Å². The van der Waals surface area contributed by atoms with E-state index in [1.807, 2.05) is 29.2 Å². The minimum absolute atomic E-state index is 0.0477. The van der Waals surface area contributed by atoms with Crippen LogP contribution in [0.5, 0.6) is 0 Å². The molecule has 2 aromatic rings. The van der Waals surface area contributed by atoms with Crippen LogP contribution in [0.1, 0.15) is 53.1 Å². The largest absolute Gasteiger partial charge is 0.336 e. The van der Waals surface area contributed by atoms with Crippen LogP contribution in [0.2, 0.25) is 0 Å². The molecule has 3 rings (SSSR count). The van der Waals surface area contributed by atoms with Crippen molar-refractivity contribution in [2.75, 3.05) is 38.0 Å². The van der Waals surface area contributed by atoms with Gasteiger partial charge < -0.3 is 15.1 Å². The van der Waals surface area contributed by atoms with Crippen molar-refractivity contribution in [2.24, 2.45) is 0 Å². The topological polar surface area (TPSA) is 65.5 Å². The van der Waals surface area contributed by atoms with E-state index in [-0.39, 0.29) is 17.5 Å². The zero-order chi connectivity index (χ0) is 20.1. The lowest BCUT2D eigenvalue weighted by molar-refractivity contribution is 0.0643. The molecule has 0 bridgehead atoms. The zero-order valence-electron chi connectivity index (χ0n) is 16.8. The Morgan fingerprint density at radius 2 is 1.75 bits per heavy atom. The summed E-state index contributed by atoms with van der Waals surface area (Å²) in [5, 5.41) is 2.85. The molecule has 0 aliphatic carbocycles. The van der Waals surface area contributed by atoms with Crippen molar-refractivity contribution in [3.05, 3.63) is 59.4 Å². The Hall–Kier alpha value is -2.73. The first kappa shape index (κ1) is 20.0. The second kappa shape index (κ2) is 8.97. The number of hydrogen-bond acceptors (Lipinski definition) is 4. The van der Waals surface area contributed by atoms with E-state index >= 15 is 0 Å². The summed E-state index contributed by atoms with van der Waals surface area (Å²) in [6.07, 6.45) is 1.52. The average Bonchev–Trinajstić information content (AvgIpc) is 2.73. The molecule has 2 amide bonds. The van der Waals surface area contributed by atoms with Gasteiger partial charge in [0.1, 0.15) is 5.69 Å². The van der Waals surface area contributed by atoms with E-state index in [0.29, 0.717) is 30.3 Å². The Balaban J connectivity index is 1.66. The first-order valence-corrected chi connectivity index (χ1v) is 9.87. The van der Waals surface area contributed by atoms with Gasteiger partial charge in [0, 0.05) is 43.6 Å². The number of hydrogen-bond donors (Lipinski definition) is 1. The SMILES string of the molecule is CCN1CCN(C(=O)c2ccnc(C(=O)Nc3ccc(C(C)C)cc3)c2)CC1. The molecular weight excluding hydrogens is 352 g/mol. The Bertz CT molecular complexity index is 825.